The molecule has 0 saturated heterocycles. The van der Waals surface area contributed by atoms with Crippen molar-refractivity contribution in [3.05, 3.63) is 34.4 Å². The van der Waals surface area contributed by atoms with Crippen molar-refractivity contribution < 1.29 is 24.1 Å². The van der Waals surface area contributed by atoms with E-state index >= 15 is 0 Å². The predicted octanol–water partition coefficient (Wildman–Crippen LogP) is 1.48. The summed E-state index contributed by atoms with van der Waals surface area (Å²) in [4.78, 5) is 12.2. The number of hydrogen-bond acceptors (Lipinski definition) is 6. The Morgan fingerprint density at radius 1 is 1.18 bits per heavy atom. The van der Waals surface area contributed by atoms with Crippen LogP contribution in [0.5, 0.6) is 11.5 Å². The summed E-state index contributed by atoms with van der Waals surface area (Å²) in [5.74, 6) is 1.28. The molecule has 2 aromatic rings. The minimum atomic E-state index is -0.784. The molecule has 0 amide bonds. The van der Waals surface area contributed by atoms with E-state index in [1.807, 2.05) is 0 Å². The van der Waals surface area contributed by atoms with Gasteiger partial charge in [-0.2, -0.15) is 0 Å². The Balaban J connectivity index is 2.45. The van der Waals surface area contributed by atoms with Gasteiger partial charge in [-0.15, -0.1) is 0 Å². The van der Waals surface area contributed by atoms with Crippen LogP contribution in [0.4, 0.5) is 0 Å². The Morgan fingerprint density at radius 2 is 1.91 bits per heavy atom. The monoisotopic (exact) mass is 308 g/mol. The third kappa shape index (κ3) is 3.58. The topological polar surface area (TPSA) is 89.1 Å². The number of ether oxygens (including phenoxy) is 2. The van der Waals surface area contributed by atoms with Gasteiger partial charge in [0.25, 0.3) is 0 Å². The first-order valence-corrected chi connectivity index (χ1v) is 6.99. The molecule has 2 atom stereocenters. The number of rotatable bonds is 6. The molecule has 22 heavy (non-hydrogen) atoms. The van der Waals surface area contributed by atoms with Crippen molar-refractivity contribution in [1.82, 2.24) is 0 Å². The summed E-state index contributed by atoms with van der Waals surface area (Å²) >= 11 is 0. The van der Waals surface area contributed by atoms with E-state index in [0.717, 1.165) is 0 Å². The zero-order valence-electron chi connectivity index (χ0n) is 12.8. The van der Waals surface area contributed by atoms with Crippen LogP contribution in [-0.4, -0.2) is 36.6 Å². The van der Waals surface area contributed by atoms with Crippen molar-refractivity contribution in [3.63, 3.8) is 0 Å². The molecule has 2 rings (SSSR count). The van der Waals surface area contributed by atoms with Crippen LogP contribution in [0.3, 0.4) is 0 Å². The molecular weight excluding hydrogens is 288 g/mol. The van der Waals surface area contributed by atoms with Gasteiger partial charge in [0.1, 0.15) is 22.6 Å². The molecule has 0 spiro atoms. The van der Waals surface area contributed by atoms with Crippen LogP contribution in [-0.2, 0) is 6.42 Å². The molecule has 6 heteroatoms. The molecule has 1 aromatic carbocycles. The predicted molar refractivity (Wildman–Crippen MR) is 81.6 cm³/mol. The van der Waals surface area contributed by atoms with Gasteiger partial charge in [0, 0.05) is 12.5 Å². The number of methoxy groups -OCH3 is 2. The van der Waals surface area contributed by atoms with Crippen LogP contribution in [0.15, 0.2) is 27.4 Å². The van der Waals surface area contributed by atoms with Crippen molar-refractivity contribution in [1.29, 1.82) is 0 Å². The van der Waals surface area contributed by atoms with Gasteiger partial charge in [-0.25, -0.2) is 4.79 Å². The average Bonchev–Trinajstić information content (AvgIpc) is 2.44. The zero-order valence-corrected chi connectivity index (χ0v) is 12.8. The third-order valence-electron chi connectivity index (χ3n) is 3.36. The Labute approximate surface area is 127 Å². The molecule has 0 bridgehead atoms. The number of aliphatic hydroxyl groups is 2. The van der Waals surface area contributed by atoms with E-state index in [-0.39, 0.29) is 12.8 Å². The first-order valence-electron chi connectivity index (χ1n) is 6.99. The fourth-order valence-corrected chi connectivity index (χ4v) is 2.40. The van der Waals surface area contributed by atoms with Gasteiger partial charge in [-0.3, -0.25) is 0 Å². The molecular formula is C16H20O6. The molecule has 0 radical (unpaired) electrons. The van der Waals surface area contributed by atoms with E-state index in [4.69, 9.17) is 13.9 Å². The smallest absolute Gasteiger partial charge is 0.347 e. The van der Waals surface area contributed by atoms with Gasteiger partial charge in [0.05, 0.1) is 26.4 Å². The highest BCUT2D eigenvalue weighted by Crippen LogP contribution is 2.29. The van der Waals surface area contributed by atoms with E-state index in [1.54, 1.807) is 25.1 Å². The van der Waals surface area contributed by atoms with Gasteiger partial charge in [0.15, 0.2) is 0 Å². The molecule has 6 nitrogen and oxygen atoms in total. The lowest BCUT2D eigenvalue weighted by atomic mass is 10.1. The summed E-state index contributed by atoms with van der Waals surface area (Å²) in [6, 6.07) is 4.99. The van der Waals surface area contributed by atoms with Crippen LogP contribution in [0, 0.1) is 0 Å². The number of aliphatic hydroxyl groups excluding tert-OH is 2. The first kappa shape index (κ1) is 16.3. The number of hydrogen-bond donors (Lipinski definition) is 2. The number of benzene rings is 1. The standard InChI is InChI=1S/C16H20O6/c1-9(17)4-11(18)7-13-6-10-5-12(20-2)8-14(21-3)15(10)16(19)22-13/h5-6,8-9,11,17-18H,4,7H2,1-3H3/t9-,11-/m0/s1. The third-order valence-corrected chi connectivity index (χ3v) is 3.36. The summed E-state index contributed by atoms with van der Waals surface area (Å²) < 4.78 is 15.6. The summed E-state index contributed by atoms with van der Waals surface area (Å²) in [5, 5.41) is 20.1. The maximum Gasteiger partial charge on any atom is 0.347 e. The molecule has 0 aliphatic rings. The Morgan fingerprint density at radius 3 is 2.50 bits per heavy atom. The van der Waals surface area contributed by atoms with E-state index in [2.05, 4.69) is 0 Å². The van der Waals surface area contributed by atoms with Crippen molar-refractivity contribution in [2.75, 3.05) is 14.2 Å². The Kier molecular flexibility index (Phi) is 5.05. The highest BCUT2D eigenvalue weighted by atomic mass is 16.5. The summed E-state index contributed by atoms with van der Waals surface area (Å²) in [5.41, 5.74) is -0.531. The Bertz CT molecular complexity index is 704. The van der Waals surface area contributed by atoms with Gasteiger partial charge in [-0.1, -0.05) is 0 Å². The minimum Gasteiger partial charge on any atom is -0.497 e. The molecule has 1 heterocycles. The number of fused-ring (bicyclic) bond motifs is 1. The van der Waals surface area contributed by atoms with Gasteiger partial charge >= 0.3 is 5.63 Å². The van der Waals surface area contributed by atoms with Crippen LogP contribution in [0.1, 0.15) is 19.1 Å². The summed E-state index contributed by atoms with van der Waals surface area (Å²) in [6.45, 7) is 1.59. The second-order valence-electron chi connectivity index (χ2n) is 5.24. The maximum absolute atomic E-state index is 12.2. The van der Waals surface area contributed by atoms with E-state index < -0.39 is 17.8 Å². The van der Waals surface area contributed by atoms with Crippen LogP contribution in [0.2, 0.25) is 0 Å². The average molecular weight is 308 g/mol. The van der Waals surface area contributed by atoms with Crippen LogP contribution < -0.4 is 15.1 Å². The molecule has 0 fully saturated rings. The first-order chi connectivity index (χ1) is 10.4. The normalized spacial score (nSPS) is 13.9. The zero-order chi connectivity index (χ0) is 16.3. The van der Waals surface area contributed by atoms with Crippen molar-refractivity contribution >= 4 is 10.8 Å². The fourth-order valence-electron chi connectivity index (χ4n) is 2.40. The molecule has 0 saturated carbocycles. The summed E-state index contributed by atoms with van der Waals surface area (Å²) in [6.07, 6.45) is -1.05. The van der Waals surface area contributed by atoms with E-state index in [0.29, 0.717) is 28.0 Å². The van der Waals surface area contributed by atoms with Crippen LogP contribution >= 0.6 is 0 Å². The second kappa shape index (κ2) is 6.81. The minimum absolute atomic E-state index is 0.148. The molecule has 0 aliphatic heterocycles. The molecule has 0 unspecified atom stereocenters. The van der Waals surface area contributed by atoms with Crippen molar-refractivity contribution in [3.8, 4) is 11.5 Å². The molecule has 0 aliphatic carbocycles. The van der Waals surface area contributed by atoms with Crippen molar-refractivity contribution in [2.24, 2.45) is 0 Å². The van der Waals surface area contributed by atoms with E-state index in [1.165, 1.54) is 14.2 Å². The van der Waals surface area contributed by atoms with Crippen molar-refractivity contribution in [2.45, 2.75) is 32.0 Å². The highest BCUT2D eigenvalue weighted by Gasteiger charge is 2.15. The van der Waals surface area contributed by atoms with Gasteiger partial charge in [0.2, 0.25) is 0 Å². The lowest BCUT2D eigenvalue weighted by Crippen LogP contribution is -2.18. The highest BCUT2D eigenvalue weighted by molar-refractivity contribution is 5.88. The Hall–Kier alpha value is -2.05. The second-order valence-corrected chi connectivity index (χ2v) is 5.24. The largest absolute Gasteiger partial charge is 0.497 e. The maximum atomic E-state index is 12.2. The molecule has 120 valence electrons. The van der Waals surface area contributed by atoms with E-state index in [9.17, 15) is 15.0 Å². The lowest BCUT2D eigenvalue weighted by Gasteiger charge is -2.12. The molecule has 1 aromatic heterocycles. The van der Waals surface area contributed by atoms with Gasteiger partial charge < -0.3 is 24.1 Å². The lowest BCUT2D eigenvalue weighted by molar-refractivity contribution is 0.0871. The van der Waals surface area contributed by atoms with Crippen LogP contribution in [0.25, 0.3) is 10.8 Å². The SMILES string of the molecule is COc1cc(OC)c2c(=O)oc(C[C@@H](O)C[C@H](C)O)cc2c1. The summed E-state index contributed by atoms with van der Waals surface area (Å²) in [7, 11) is 2.99. The molecule has 2 N–H and O–H groups in total. The fraction of sp³-hybridized carbons (Fsp3) is 0.438. The quantitative estimate of drug-likeness (QED) is 0.840. The van der Waals surface area contributed by atoms with Gasteiger partial charge in [-0.05, 0) is 30.9 Å².